The second-order valence-electron chi connectivity index (χ2n) is 4.79. The summed E-state index contributed by atoms with van der Waals surface area (Å²) in [5.41, 5.74) is 2.90. The monoisotopic (exact) mass is 330 g/mol. The van der Waals surface area contributed by atoms with Crippen LogP contribution in [-0.4, -0.2) is 25.8 Å². The van der Waals surface area contributed by atoms with Crippen molar-refractivity contribution in [2.45, 2.75) is 10.9 Å². The molecule has 4 nitrogen and oxygen atoms in total. The Labute approximate surface area is 134 Å². The molecule has 0 fully saturated rings. The van der Waals surface area contributed by atoms with E-state index in [4.69, 9.17) is 0 Å². The van der Waals surface area contributed by atoms with Crippen LogP contribution in [0.15, 0.2) is 41.1 Å². The van der Waals surface area contributed by atoms with Crippen molar-refractivity contribution in [1.82, 2.24) is 19.5 Å². The Morgan fingerprint density at radius 3 is 3.00 bits per heavy atom. The third-order valence-electron chi connectivity index (χ3n) is 3.45. The van der Waals surface area contributed by atoms with Gasteiger partial charge in [-0.25, -0.2) is 19.3 Å². The second kappa shape index (κ2) is 5.33. The highest BCUT2D eigenvalue weighted by atomic mass is 32.2. The fraction of sp³-hybridized carbons (Fsp3) is 0.133. The lowest BCUT2D eigenvalue weighted by Crippen LogP contribution is -2.01. The molecule has 3 heterocycles. The summed E-state index contributed by atoms with van der Waals surface area (Å²) in [6.45, 7) is 0.405. The number of thiazole rings is 1. The van der Waals surface area contributed by atoms with Gasteiger partial charge >= 0.3 is 0 Å². The standard InChI is InChI=1S/C15H11FN4S2/c1-21-15-19-10-5-4-9(12(16)13(10)22-15)7-20-8-18-11-3-2-6-17-14(11)20/h2-6,8H,7H2,1H3. The van der Waals surface area contributed by atoms with Gasteiger partial charge in [0.15, 0.2) is 9.99 Å². The van der Waals surface area contributed by atoms with Crippen molar-refractivity contribution < 1.29 is 4.39 Å². The molecule has 0 aliphatic carbocycles. The molecule has 0 spiro atoms. The predicted molar refractivity (Wildman–Crippen MR) is 88.0 cm³/mol. The minimum atomic E-state index is -0.201. The molecule has 7 heteroatoms. The summed E-state index contributed by atoms with van der Waals surface area (Å²) < 4.78 is 18.1. The first-order chi connectivity index (χ1) is 10.8. The number of imidazole rings is 1. The summed E-state index contributed by atoms with van der Waals surface area (Å²) in [5, 5.41) is 0. The topological polar surface area (TPSA) is 43.6 Å². The lowest BCUT2D eigenvalue weighted by atomic mass is 10.2. The Balaban J connectivity index is 1.79. The molecule has 0 saturated heterocycles. The van der Waals surface area contributed by atoms with E-state index in [1.807, 2.05) is 29.0 Å². The maximum absolute atomic E-state index is 14.7. The number of rotatable bonds is 3. The molecule has 1 aromatic carbocycles. The molecule has 0 unspecified atom stereocenters. The Kier molecular flexibility index (Phi) is 3.31. The van der Waals surface area contributed by atoms with Gasteiger partial charge in [0.1, 0.15) is 11.3 Å². The van der Waals surface area contributed by atoms with Gasteiger partial charge in [-0.2, -0.15) is 0 Å². The van der Waals surface area contributed by atoms with Crippen molar-refractivity contribution in [2.24, 2.45) is 0 Å². The Morgan fingerprint density at radius 1 is 1.23 bits per heavy atom. The van der Waals surface area contributed by atoms with E-state index in [1.54, 1.807) is 18.6 Å². The van der Waals surface area contributed by atoms with Gasteiger partial charge in [0, 0.05) is 11.8 Å². The van der Waals surface area contributed by atoms with E-state index in [9.17, 15) is 4.39 Å². The zero-order chi connectivity index (χ0) is 15.1. The third-order valence-corrected chi connectivity index (χ3v) is 5.50. The molecule has 110 valence electrons. The van der Waals surface area contributed by atoms with E-state index in [1.165, 1.54) is 23.1 Å². The number of thioether (sulfide) groups is 1. The van der Waals surface area contributed by atoms with Crippen LogP contribution in [0.2, 0.25) is 0 Å². The van der Waals surface area contributed by atoms with E-state index in [2.05, 4.69) is 15.0 Å². The van der Waals surface area contributed by atoms with Crippen molar-refractivity contribution >= 4 is 44.5 Å². The largest absolute Gasteiger partial charge is 0.311 e. The maximum Gasteiger partial charge on any atom is 0.160 e. The first-order valence-electron chi connectivity index (χ1n) is 6.64. The van der Waals surface area contributed by atoms with Gasteiger partial charge in [-0.05, 0) is 24.5 Å². The van der Waals surface area contributed by atoms with Crippen LogP contribution >= 0.6 is 23.1 Å². The summed E-state index contributed by atoms with van der Waals surface area (Å²) in [6, 6.07) is 7.40. The molecular weight excluding hydrogens is 319 g/mol. The summed E-state index contributed by atoms with van der Waals surface area (Å²) >= 11 is 2.92. The first kappa shape index (κ1) is 13.7. The molecular formula is C15H11FN4S2. The molecule has 0 aliphatic rings. The van der Waals surface area contributed by atoms with Crippen LogP contribution in [-0.2, 0) is 6.54 Å². The molecule has 0 amide bonds. The lowest BCUT2D eigenvalue weighted by molar-refractivity contribution is 0.614. The number of nitrogens with zero attached hydrogens (tertiary/aromatic N) is 4. The van der Waals surface area contributed by atoms with Gasteiger partial charge in [-0.1, -0.05) is 17.8 Å². The van der Waals surface area contributed by atoms with Gasteiger partial charge in [0.25, 0.3) is 0 Å². The van der Waals surface area contributed by atoms with Crippen molar-refractivity contribution in [3.63, 3.8) is 0 Å². The summed E-state index contributed by atoms with van der Waals surface area (Å²) in [4.78, 5) is 13.0. The van der Waals surface area contributed by atoms with Gasteiger partial charge in [0.2, 0.25) is 0 Å². The highest BCUT2D eigenvalue weighted by Gasteiger charge is 2.13. The molecule has 3 aromatic heterocycles. The number of fused-ring (bicyclic) bond motifs is 2. The van der Waals surface area contributed by atoms with Gasteiger partial charge in [-0.3, -0.25) is 0 Å². The summed E-state index contributed by atoms with van der Waals surface area (Å²) in [5.74, 6) is -0.201. The van der Waals surface area contributed by atoms with Crippen LogP contribution in [0.1, 0.15) is 5.56 Å². The van der Waals surface area contributed by atoms with E-state index >= 15 is 0 Å². The fourth-order valence-electron chi connectivity index (χ4n) is 2.39. The van der Waals surface area contributed by atoms with Crippen LogP contribution in [0.3, 0.4) is 0 Å². The van der Waals surface area contributed by atoms with Gasteiger partial charge < -0.3 is 4.57 Å². The number of hydrogen-bond donors (Lipinski definition) is 0. The zero-order valence-electron chi connectivity index (χ0n) is 11.7. The smallest absolute Gasteiger partial charge is 0.160 e. The quantitative estimate of drug-likeness (QED) is 0.534. The Bertz CT molecular complexity index is 976. The second-order valence-corrected chi connectivity index (χ2v) is 6.84. The molecule has 0 aliphatic heterocycles. The molecule has 0 saturated carbocycles. The van der Waals surface area contributed by atoms with Crippen molar-refractivity contribution in [1.29, 1.82) is 0 Å². The third kappa shape index (κ3) is 2.17. The fourth-order valence-corrected chi connectivity index (χ4v) is 3.92. The first-order valence-corrected chi connectivity index (χ1v) is 8.68. The highest BCUT2D eigenvalue weighted by Crippen LogP contribution is 2.31. The number of halogens is 1. The average Bonchev–Trinajstić information content (AvgIpc) is 3.15. The Hall–Kier alpha value is -1.99. The van der Waals surface area contributed by atoms with Crippen LogP contribution < -0.4 is 0 Å². The van der Waals surface area contributed by atoms with Crippen molar-refractivity contribution in [3.05, 3.63) is 48.2 Å². The summed E-state index contributed by atoms with van der Waals surface area (Å²) in [7, 11) is 0. The van der Waals surface area contributed by atoms with E-state index in [0.717, 1.165) is 15.5 Å². The normalized spacial score (nSPS) is 11.5. The molecule has 22 heavy (non-hydrogen) atoms. The average molecular weight is 330 g/mol. The van der Waals surface area contributed by atoms with Gasteiger partial charge in [-0.15, -0.1) is 11.3 Å². The number of aromatic nitrogens is 4. The van der Waals surface area contributed by atoms with E-state index in [-0.39, 0.29) is 5.82 Å². The highest BCUT2D eigenvalue weighted by molar-refractivity contribution is 8.00. The molecule has 0 atom stereocenters. The molecule has 0 radical (unpaired) electrons. The van der Waals surface area contributed by atoms with Crippen LogP contribution in [0, 0.1) is 5.82 Å². The SMILES string of the molecule is CSc1nc2ccc(Cn3cnc4cccnc43)c(F)c2s1. The van der Waals surface area contributed by atoms with Crippen molar-refractivity contribution in [2.75, 3.05) is 6.26 Å². The summed E-state index contributed by atoms with van der Waals surface area (Å²) in [6.07, 6.45) is 5.36. The number of pyridine rings is 1. The minimum absolute atomic E-state index is 0.201. The Morgan fingerprint density at radius 2 is 2.14 bits per heavy atom. The van der Waals surface area contributed by atoms with Crippen LogP contribution in [0.25, 0.3) is 21.4 Å². The minimum Gasteiger partial charge on any atom is -0.311 e. The lowest BCUT2D eigenvalue weighted by Gasteiger charge is -2.05. The van der Waals surface area contributed by atoms with Gasteiger partial charge in [0.05, 0.1) is 23.1 Å². The van der Waals surface area contributed by atoms with Crippen molar-refractivity contribution in [3.8, 4) is 0 Å². The van der Waals surface area contributed by atoms with E-state index < -0.39 is 0 Å². The zero-order valence-corrected chi connectivity index (χ0v) is 13.3. The van der Waals surface area contributed by atoms with E-state index in [0.29, 0.717) is 22.3 Å². The molecule has 4 rings (SSSR count). The number of benzene rings is 1. The molecule has 0 bridgehead atoms. The molecule has 4 aromatic rings. The van der Waals surface area contributed by atoms with Crippen LogP contribution in [0.4, 0.5) is 4.39 Å². The maximum atomic E-state index is 14.7. The number of hydrogen-bond acceptors (Lipinski definition) is 5. The molecule has 0 N–H and O–H groups in total. The predicted octanol–water partition coefficient (Wildman–Crippen LogP) is 3.95. The van der Waals surface area contributed by atoms with Crippen LogP contribution in [0.5, 0.6) is 0 Å².